The number of amides is 1. The number of nitrogens with one attached hydrogen (secondary N) is 1. The fourth-order valence-electron chi connectivity index (χ4n) is 2.82. The van der Waals surface area contributed by atoms with Gasteiger partial charge in [0.1, 0.15) is 11.3 Å². The van der Waals surface area contributed by atoms with E-state index in [-0.39, 0.29) is 6.61 Å². The maximum absolute atomic E-state index is 11.1. The Hall–Kier alpha value is -2.77. The lowest BCUT2D eigenvalue weighted by Crippen LogP contribution is -2.14. The van der Waals surface area contributed by atoms with Crippen molar-refractivity contribution in [3.05, 3.63) is 53.5 Å². The van der Waals surface area contributed by atoms with Crippen LogP contribution >= 0.6 is 0 Å². The zero-order valence-electron chi connectivity index (χ0n) is 15.7. The molecule has 0 aliphatic heterocycles. The minimum absolute atomic E-state index is 0.106. The van der Waals surface area contributed by atoms with Crippen molar-refractivity contribution in [2.24, 2.45) is 0 Å². The molecular formula is C20H26N4O3. The van der Waals surface area contributed by atoms with Gasteiger partial charge in [-0.1, -0.05) is 23.8 Å². The van der Waals surface area contributed by atoms with Crippen molar-refractivity contribution in [3.63, 3.8) is 0 Å². The van der Waals surface area contributed by atoms with Crippen LogP contribution in [0.4, 0.5) is 0 Å². The summed E-state index contributed by atoms with van der Waals surface area (Å²) in [4.78, 5) is 20.3. The van der Waals surface area contributed by atoms with Gasteiger partial charge >= 0.3 is 0 Å². The Kier molecular flexibility index (Phi) is 7.91. The zero-order chi connectivity index (χ0) is 19.6. The number of aryl methyl sites for hydroxylation is 2. The molecule has 0 radical (unpaired) electrons. The van der Waals surface area contributed by atoms with Gasteiger partial charge in [0.05, 0.1) is 0 Å². The van der Waals surface area contributed by atoms with Gasteiger partial charge < -0.3 is 9.67 Å². The molecule has 0 aliphatic carbocycles. The van der Waals surface area contributed by atoms with Crippen molar-refractivity contribution in [2.75, 3.05) is 6.61 Å². The Balaban J connectivity index is 2.33. The second kappa shape index (κ2) is 10.4. The summed E-state index contributed by atoms with van der Waals surface area (Å²) in [7, 11) is 0. The van der Waals surface area contributed by atoms with Crippen LogP contribution in [0.2, 0.25) is 0 Å². The predicted molar refractivity (Wildman–Crippen MR) is 105 cm³/mol. The topological polar surface area (TPSA) is 100 Å². The van der Waals surface area contributed by atoms with E-state index in [4.69, 9.17) is 10.2 Å². The van der Waals surface area contributed by atoms with Gasteiger partial charge in [-0.3, -0.25) is 10.0 Å². The number of hydroxylamine groups is 1. The fourth-order valence-corrected chi connectivity index (χ4v) is 2.82. The van der Waals surface area contributed by atoms with Gasteiger partial charge in [-0.25, -0.2) is 15.4 Å². The molecule has 0 aromatic carbocycles. The maximum atomic E-state index is 11.1. The van der Waals surface area contributed by atoms with Gasteiger partial charge in [-0.2, -0.15) is 0 Å². The van der Waals surface area contributed by atoms with E-state index in [9.17, 15) is 9.90 Å². The first-order valence-corrected chi connectivity index (χ1v) is 8.99. The predicted octanol–water partition coefficient (Wildman–Crippen LogP) is 2.79. The van der Waals surface area contributed by atoms with Gasteiger partial charge in [-0.05, 0) is 44.4 Å². The highest BCUT2D eigenvalue weighted by Gasteiger charge is 2.12. The van der Waals surface area contributed by atoms with Crippen LogP contribution in [-0.4, -0.2) is 37.4 Å². The molecule has 144 valence electrons. The molecule has 27 heavy (non-hydrogen) atoms. The number of aromatic nitrogens is 3. The molecule has 0 bridgehead atoms. The van der Waals surface area contributed by atoms with Gasteiger partial charge in [0.15, 0.2) is 5.65 Å². The lowest BCUT2D eigenvalue weighted by atomic mass is 10.1. The van der Waals surface area contributed by atoms with E-state index in [2.05, 4.69) is 17.1 Å². The molecule has 2 aromatic rings. The van der Waals surface area contributed by atoms with E-state index in [0.717, 1.165) is 29.8 Å². The largest absolute Gasteiger partial charge is 0.396 e. The monoisotopic (exact) mass is 370 g/mol. The number of carbonyl (C=O) groups is 1. The molecular weight excluding hydrogens is 344 g/mol. The summed E-state index contributed by atoms with van der Waals surface area (Å²) in [5.41, 5.74) is 5.01. The second-order valence-corrected chi connectivity index (χ2v) is 6.04. The third-order valence-electron chi connectivity index (χ3n) is 4.15. The maximum Gasteiger partial charge on any atom is 0.267 e. The summed E-state index contributed by atoms with van der Waals surface area (Å²) in [6.45, 7) is 4.77. The van der Waals surface area contributed by atoms with Crippen molar-refractivity contribution in [2.45, 2.75) is 39.7 Å². The molecule has 0 saturated carbocycles. The van der Waals surface area contributed by atoms with Crippen LogP contribution in [-0.2, 0) is 17.8 Å². The number of aliphatic hydroxyl groups excluding tert-OH is 1. The number of imidazole rings is 1. The fraction of sp³-hybridized carbons (Fsp3) is 0.350. The van der Waals surface area contributed by atoms with E-state index in [1.165, 1.54) is 11.6 Å². The van der Waals surface area contributed by atoms with Crippen molar-refractivity contribution < 1.29 is 15.1 Å². The summed E-state index contributed by atoms with van der Waals surface area (Å²) >= 11 is 0. The van der Waals surface area contributed by atoms with Crippen LogP contribution in [0.1, 0.15) is 38.1 Å². The Morgan fingerprint density at radius 2 is 2.15 bits per heavy atom. The Morgan fingerprint density at radius 1 is 1.33 bits per heavy atom. The number of carbonyl (C=O) groups excluding carboxylic acids is 1. The van der Waals surface area contributed by atoms with Gasteiger partial charge in [0, 0.05) is 31.8 Å². The molecule has 1 amide bonds. The molecule has 3 N–H and O–H groups in total. The number of fused-ring (bicyclic) bond motifs is 1. The van der Waals surface area contributed by atoms with Crippen LogP contribution in [0.3, 0.4) is 0 Å². The Labute approximate surface area is 158 Å². The van der Waals surface area contributed by atoms with Gasteiger partial charge in [0.2, 0.25) is 0 Å². The average molecular weight is 370 g/mol. The second-order valence-electron chi connectivity index (χ2n) is 6.04. The van der Waals surface area contributed by atoms with Crippen molar-refractivity contribution in [1.29, 1.82) is 0 Å². The number of hydrogen-bond donors (Lipinski definition) is 3. The summed E-state index contributed by atoms with van der Waals surface area (Å²) < 4.78 is 2.04. The van der Waals surface area contributed by atoms with E-state index in [0.29, 0.717) is 18.5 Å². The smallest absolute Gasteiger partial charge is 0.267 e. The molecule has 0 spiro atoms. The van der Waals surface area contributed by atoms with Crippen LogP contribution in [0.15, 0.2) is 42.1 Å². The summed E-state index contributed by atoms with van der Waals surface area (Å²) in [5, 5.41) is 17.8. The summed E-state index contributed by atoms with van der Waals surface area (Å²) in [6, 6.07) is 1.85. The SMILES string of the molecule is C/C=C\C(=C/C)CCc1nc2cc(/C=C/C(=O)NO)cnc2n1CCCO. The van der Waals surface area contributed by atoms with Crippen LogP contribution in [0, 0.1) is 0 Å². The van der Waals surface area contributed by atoms with E-state index in [1.807, 2.05) is 30.6 Å². The molecule has 0 atom stereocenters. The molecule has 0 fully saturated rings. The third kappa shape index (κ3) is 5.60. The minimum Gasteiger partial charge on any atom is -0.396 e. The van der Waals surface area contributed by atoms with Crippen LogP contribution in [0.25, 0.3) is 17.2 Å². The summed E-state index contributed by atoms with van der Waals surface area (Å²) in [5.74, 6) is 0.316. The molecule has 0 unspecified atom stereocenters. The molecule has 0 saturated heterocycles. The first kappa shape index (κ1) is 20.5. The van der Waals surface area contributed by atoms with E-state index >= 15 is 0 Å². The van der Waals surface area contributed by atoms with Gasteiger partial charge in [0.25, 0.3) is 5.91 Å². The van der Waals surface area contributed by atoms with Crippen molar-refractivity contribution in [3.8, 4) is 0 Å². The molecule has 0 aliphatic rings. The number of pyridine rings is 1. The highest BCUT2D eigenvalue weighted by atomic mass is 16.5. The normalized spacial score (nSPS) is 12.5. The lowest BCUT2D eigenvalue weighted by molar-refractivity contribution is -0.124. The van der Waals surface area contributed by atoms with E-state index in [1.54, 1.807) is 17.8 Å². The highest BCUT2D eigenvalue weighted by molar-refractivity contribution is 5.91. The molecule has 2 heterocycles. The molecule has 2 aromatic heterocycles. The Bertz CT molecular complexity index is 865. The van der Waals surface area contributed by atoms with Crippen molar-refractivity contribution in [1.82, 2.24) is 20.0 Å². The standard InChI is InChI=1S/C20H26N4O3/c1-3-6-15(4-2)7-9-18-22-17-13-16(8-10-19(26)23-27)14-21-20(17)24(18)11-5-12-25/h3-4,6,8,10,13-14,25,27H,5,7,9,11-12H2,1-2H3,(H,23,26)/b6-3-,10-8+,15-4+. The van der Waals surface area contributed by atoms with Crippen LogP contribution in [0.5, 0.6) is 0 Å². The first-order valence-electron chi connectivity index (χ1n) is 8.99. The number of allylic oxidation sites excluding steroid dienone is 4. The van der Waals surface area contributed by atoms with Crippen LogP contribution < -0.4 is 5.48 Å². The number of rotatable bonds is 9. The zero-order valence-corrected chi connectivity index (χ0v) is 15.7. The highest BCUT2D eigenvalue weighted by Crippen LogP contribution is 2.19. The van der Waals surface area contributed by atoms with Gasteiger partial charge in [-0.15, -0.1) is 0 Å². The van der Waals surface area contributed by atoms with E-state index < -0.39 is 5.91 Å². The first-order chi connectivity index (χ1) is 13.1. The lowest BCUT2D eigenvalue weighted by Gasteiger charge is -2.08. The average Bonchev–Trinajstić information content (AvgIpc) is 3.04. The number of aliphatic hydroxyl groups is 1. The van der Waals surface area contributed by atoms with Crippen molar-refractivity contribution >= 4 is 23.1 Å². The third-order valence-corrected chi connectivity index (χ3v) is 4.15. The molecule has 7 nitrogen and oxygen atoms in total. The number of nitrogens with zero attached hydrogens (tertiary/aromatic N) is 3. The minimum atomic E-state index is -0.605. The number of hydrogen-bond acceptors (Lipinski definition) is 5. The summed E-state index contributed by atoms with van der Waals surface area (Å²) in [6.07, 6.45) is 12.9. The molecule has 7 heteroatoms. The Morgan fingerprint density at radius 3 is 2.81 bits per heavy atom. The quantitative estimate of drug-likeness (QED) is 0.273. The molecule has 2 rings (SSSR count).